The molecule has 0 fully saturated rings. The minimum atomic E-state index is -0.0876. The van der Waals surface area contributed by atoms with Crippen molar-refractivity contribution in [3.63, 3.8) is 0 Å². The smallest absolute Gasteiger partial charge is 0.251 e. The first kappa shape index (κ1) is 21.8. The number of rotatable bonds is 10. The highest BCUT2D eigenvalue weighted by molar-refractivity contribution is 7.09. The molecule has 158 valence electrons. The van der Waals surface area contributed by atoms with Gasteiger partial charge in [-0.05, 0) is 48.7 Å². The third-order valence-electron chi connectivity index (χ3n) is 4.90. The van der Waals surface area contributed by atoms with Gasteiger partial charge in [-0.25, -0.2) is 4.98 Å². The number of hydrogen-bond acceptors (Lipinski definition) is 6. The van der Waals surface area contributed by atoms with Crippen molar-refractivity contribution in [1.29, 1.82) is 0 Å². The van der Waals surface area contributed by atoms with Gasteiger partial charge in [0.15, 0.2) is 0 Å². The highest BCUT2D eigenvalue weighted by atomic mass is 32.1. The summed E-state index contributed by atoms with van der Waals surface area (Å²) in [4.78, 5) is 17.2. The lowest BCUT2D eigenvalue weighted by atomic mass is 10.1. The molecule has 0 spiro atoms. The van der Waals surface area contributed by atoms with Gasteiger partial charge in [0.1, 0.15) is 11.6 Å². The van der Waals surface area contributed by atoms with Gasteiger partial charge in [-0.2, -0.15) is 4.37 Å². The Morgan fingerprint density at radius 3 is 2.63 bits per heavy atom. The highest BCUT2D eigenvalue weighted by Gasteiger charge is 2.14. The number of methoxy groups -OCH3 is 1. The summed E-state index contributed by atoms with van der Waals surface area (Å²) in [7, 11) is 1.61. The molecule has 1 aromatic heterocycles. The van der Waals surface area contributed by atoms with E-state index >= 15 is 0 Å². The molecule has 0 bridgehead atoms. The van der Waals surface area contributed by atoms with Gasteiger partial charge >= 0.3 is 0 Å². The summed E-state index contributed by atoms with van der Waals surface area (Å²) >= 11 is 1.36. The number of anilines is 1. The Labute approximate surface area is 181 Å². The van der Waals surface area contributed by atoms with E-state index in [1.165, 1.54) is 22.7 Å². The number of benzene rings is 2. The van der Waals surface area contributed by atoms with Gasteiger partial charge in [-0.1, -0.05) is 37.6 Å². The van der Waals surface area contributed by atoms with Gasteiger partial charge in [0.05, 0.1) is 7.11 Å². The molecule has 1 atom stereocenters. The Morgan fingerprint density at radius 1 is 1.17 bits per heavy atom. The van der Waals surface area contributed by atoms with Crippen molar-refractivity contribution in [3.05, 3.63) is 71.0 Å². The topological polar surface area (TPSA) is 76.1 Å². The van der Waals surface area contributed by atoms with Crippen molar-refractivity contribution in [2.75, 3.05) is 19.0 Å². The second-order valence-corrected chi connectivity index (χ2v) is 7.94. The molecule has 2 N–H and O–H groups in total. The van der Waals surface area contributed by atoms with Gasteiger partial charge in [-0.3, -0.25) is 4.79 Å². The van der Waals surface area contributed by atoms with Crippen LogP contribution in [-0.2, 0) is 6.42 Å². The van der Waals surface area contributed by atoms with Crippen molar-refractivity contribution in [2.24, 2.45) is 0 Å². The van der Waals surface area contributed by atoms with Crippen LogP contribution in [0.5, 0.6) is 5.75 Å². The van der Waals surface area contributed by atoms with E-state index in [1.54, 1.807) is 31.4 Å². The Kier molecular flexibility index (Phi) is 7.79. The molecule has 0 saturated heterocycles. The number of ether oxygens (including phenoxy) is 1. The third kappa shape index (κ3) is 6.03. The number of aryl methyl sites for hydroxylation is 1. The number of carbonyl (C=O) groups is 1. The molecule has 6 nitrogen and oxygen atoms in total. The molecular weight excluding hydrogens is 396 g/mol. The first-order valence-corrected chi connectivity index (χ1v) is 10.9. The maximum Gasteiger partial charge on any atom is 0.251 e. The highest BCUT2D eigenvalue weighted by Crippen LogP contribution is 2.17. The second-order valence-electron chi connectivity index (χ2n) is 7.19. The summed E-state index contributed by atoms with van der Waals surface area (Å²) in [6.45, 7) is 4.81. The Bertz CT molecular complexity index is 956. The molecule has 30 heavy (non-hydrogen) atoms. The SMILES string of the molecule is CCCC(CNc1nc(Cc2ccccc2C)ns1)NC(=O)c1ccc(OC)cc1. The zero-order valence-corrected chi connectivity index (χ0v) is 18.5. The van der Waals surface area contributed by atoms with Crippen molar-refractivity contribution in [3.8, 4) is 5.75 Å². The predicted molar refractivity (Wildman–Crippen MR) is 122 cm³/mol. The molecule has 3 rings (SSSR count). The molecule has 1 amide bonds. The maximum atomic E-state index is 12.6. The standard InChI is InChI=1S/C23H28N4O2S/c1-4-7-19(25-22(28)17-10-12-20(29-3)13-11-17)15-24-23-26-21(27-30-23)14-18-9-6-5-8-16(18)2/h5-6,8-13,19H,4,7,14-15H2,1-3H3,(H,25,28)(H,24,26,27). The summed E-state index contributed by atoms with van der Waals surface area (Å²) < 4.78 is 9.62. The molecule has 0 aliphatic rings. The van der Waals surface area contributed by atoms with E-state index in [0.717, 1.165) is 36.0 Å². The van der Waals surface area contributed by atoms with Crippen LogP contribution in [0, 0.1) is 6.92 Å². The first-order valence-electron chi connectivity index (χ1n) is 10.1. The van der Waals surface area contributed by atoms with E-state index in [2.05, 4.69) is 46.0 Å². The Morgan fingerprint density at radius 2 is 1.93 bits per heavy atom. The van der Waals surface area contributed by atoms with Crippen LogP contribution < -0.4 is 15.4 Å². The van der Waals surface area contributed by atoms with Crippen molar-refractivity contribution in [1.82, 2.24) is 14.7 Å². The monoisotopic (exact) mass is 424 g/mol. The van der Waals surface area contributed by atoms with Crippen LogP contribution in [-0.4, -0.2) is 35.0 Å². The summed E-state index contributed by atoms with van der Waals surface area (Å²) in [5.74, 6) is 1.46. The summed E-state index contributed by atoms with van der Waals surface area (Å²) in [6, 6.07) is 15.4. The summed E-state index contributed by atoms with van der Waals surface area (Å²) in [5.41, 5.74) is 3.09. The fourth-order valence-corrected chi connectivity index (χ4v) is 3.76. The van der Waals surface area contributed by atoms with E-state index in [4.69, 9.17) is 4.74 Å². The lowest BCUT2D eigenvalue weighted by Crippen LogP contribution is -2.39. The molecule has 0 radical (unpaired) electrons. The summed E-state index contributed by atoms with van der Waals surface area (Å²) in [6.07, 6.45) is 2.57. The minimum Gasteiger partial charge on any atom is -0.497 e. The number of nitrogens with zero attached hydrogens (tertiary/aromatic N) is 2. The Hall–Kier alpha value is -2.93. The van der Waals surface area contributed by atoms with Crippen LogP contribution in [0.15, 0.2) is 48.5 Å². The van der Waals surface area contributed by atoms with E-state index in [0.29, 0.717) is 12.1 Å². The average Bonchev–Trinajstić information content (AvgIpc) is 3.21. The third-order valence-corrected chi connectivity index (χ3v) is 5.61. The molecule has 7 heteroatoms. The van der Waals surface area contributed by atoms with Crippen molar-refractivity contribution >= 4 is 22.6 Å². The molecule has 2 aromatic carbocycles. The van der Waals surface area contributed by atoms with E-state index in [-0.39, 0.29) is 11.9 Å². The molecule has 0 saturated carbocycles. The van der Waals surface area contributed by atoms with Crippen LogP contribution in [0.1, 0.15) is 47.1 Å². The van der Waals surface area contributed by atoms with Crippen LogP contribution in [0.25, 0.3) is 0 Å². The fourth-order valence-electron chi connectivity index (χ4n) is 3.17. The molecule has 0 aliphatic heterocycles. The van der Waals surface area contributed by atoms with Gasteiger partial charge in [0.2, 0.25) is 5.13 Å². The van der Waals surface area contributed by atoms with Crippen LogP contribution in [0.2, 0.25) is 0 Å². The summed E-state index contributed by atoms with van der Waals surface area (Å²) in [5, 5.41) is 7.22. The fraction of sp³-hybridized carbons (Fsp3) is 0.348. The number of amides is 1. The maximum absolute atomic E-state index is 12.6. The zero-order chi connectivity index (χ0) is 21.3. The molecule has 1 heterocycles. The van der Waals surface area contributed by atoms with Gasteiger partial charge < -0.3 is 15.4 Å². The Balaban J connectivity index is 1.56. The van der Waals surface area contributed by atoms with E-state index < -0.39 is 0 Å². The molecule has 0 aliphatic carbocycles. The zero-order valence-electron chi connectivity index (χ0n) is 17.6. The number of nitrogens with one attached hydrogen (secondary N) is 2. The molecule has 1 unspecified atom stereocenters. The van der Waals surface area contributed by atoms with Crippen LogP contribution >= 0.6 is 11.5 Å². The quantitative estimate of drug-likeness (QED) is 0.503. The number of aromatic nitrogens is 2. The minimum absolute atomic E-state index is 0.00770. The van der Waals surface area contributed by atoms with Crippen molar-refractivity contribution in [2.45, 2.75) is 39.2 Å². The first-order chi connectivity index (χ1) is 14.6. The van der Waals surface area contributed by atoms with Crippen LogP contribution in [0.4, 0.5) is 5.13 Å². The number of carbonyl (C=O) groups excluding carboxylic acids is 1. The van der Waals surface area contributed by atoms with Gasteiger partial charge in [-0.15, -0.1) is 0 Å². The second kappa shape index (κ2) is 10.7. The predicted octanol–water partition coefficient (Wildman–Crippen LogP) is 4.46. The van der Waals surface area contributed by atoms with Crippen LogP contribution in [0.3, 0.4) is 0 Å². The molecular formula is C23H28N4O2S. The van der Waals surface area contributed by atoms with Gasteiger partial charge in [0.25, 0.3) is 5.91 Å². The van der Waals surface area contributed by atoms with Gasteiger partial charge in [0, 0.05) is 36.1 Å². The largest absolute Gasteiger partial charge is 0.497 e. The molecule has 3 aromatic rings. The van der Waals surface area contributed by atoms with E-state index in [1.807, 2.05) is 12.1 Å². The normalized spacial score (nSPS) is 11.7. The lowest BCUT2D eigenvalue weighted by molar-refractivity contribution is 0.0937. The van der Waals surface area contributed by atoms with E-state index in [9.17, 15) is 4.79 Å². The average molecular weight is 425 g/mol. The number of hydrogen-bond donors (Lipinski definition) is 2. The van der Waals surface area contributed by atoms with Crippen molar-refractivity contribution < 1.29 is 9.53 Å². The lowest BCUT2D eigenvalue weighted by Gasteiger charge is -2.18.